The average Bonchev–Trinajstić information content (AvgIpc) is 2.75. The molecule has 2 heterocycles. The number of anilines is 1. The summed E-state index contributed by atoms with van der Waals surface area (Å²) in [6.45, 7) is 1.60. The lowest BCUT2D eigenvalue weighted by molar-refractivity contribution is 0.0734. The largest absolute Gasteiger partial charge is 0.493 e. The first-order chi connectivity index (χ1) is 14.3. The Balaban J connectivity index is 1.59. The molecule has 1 amide bonds. The Bertz CT molecular complexity index is 1100. The van der Waals surface area contributed by atoms with Crippen molar-refractivity contribution in [2.24, 2.45) is 0 Å². The van der Waals surface area contributed by atoms with Crippen molar-refractivity contribution in [2.75, 3.05) is 37.9 Å². The van der Waals surface area contributed by atoms with Gasteiger partial charge in [0.15, 0.2) is 11.5 Å². The maximum absolute atomic E-state index is 13.2. The summed E-state index contributed by atoms with van der Waals surface area (Å²) in [5.74, 6) is 1.30. The Morgan fingerprint density at radius 2 is 1.63 bits per heavy atom. The van der Waals surface area contributed by atoms with Crippen molar-refractivity contribution in [3.63, 3.8) is 0 Å². The summed E-state index contributed by atoms with van der Waals surface area (Å²) in [6, 6.07) is 9.25. The molecule has 0 bridgehead atoms. The molecule has 7 nitrogen and oxygen atoms in total. The average molecular weight is 431 g/mol. The Morgan fingerprint density at radius 3 is 2.30 bits per heavy atom. The molecule has 0 saturated carbocycles. The summed E-state index contributed by atoms with van der Waals surface area (Å²) in [7, 11) is -0.108. The third kappa shape index (κ3) is 3.71. The second kappa shape index (κ2) is 7.83. The van der Waals surface area contributed by atoms with Gasteiger partial charge in [-0.05, 0) is 66.3 Å². The van der Waals surface area contributed by atoms with E-state index in [-0.39, 0.29) is 5.91 Å². The first kappa shape index (κ1) is 20.5. The molecule has 160 valence electrons. The number of ether oxygens (including phenoxy) is 2. The van der Waals surface area contributed by atoms with E-state index in [2.05, 4.69) is 0 Å². The Morgan fingerprint density at radius 1 is 0.933 bits per heavy atom. The minimum Gasteiger partial charge on any atom is -0.493 e. The van der Waals surface area contributed by atoms with E-state index in [1.54, 1.807) is 26.4 Å². The standard InChI is InChI=1S/C22H26N2O5S/c1-28-20-12-15-8-10-23(14-18(15)13-21(20)29-2)22(25)17-6-7-19-16(11-17)5-4-9-24(19)30(3,26)27/h6-7,11-13H,4-5,8-10,14H2,1-3H3. The molecule has 0 unspecified atom stereocenters. The Labute approximate surface area is 177 Å². The Kier molecular flexibility index (Phi) is 5.36. The second-order valence-corrected chi connectivity index (χ2v) is 9.64. The van der Waals surface area contributed by atoms with Crippen LogP contribution in [0, 0.1) is 0 Å². The molecule has 0 atom stereocenters. The molecule has 8 heteroatoms. The lowest BCUT2D eigenvalue weighted by Gasteiger charge is -2.31. The van der Waals surface area contributed by atoms with Gasteiger partial charge in [-0.25, -0.2) is 8.42 Å². The maximum Gasteiger partial charge on any atom is 0.254 e. The highest BCUT2D eigenvalue weighted by Gasteiger charge is 2.27. The van der Waals surface area contributed by atoms with Gasteiger partial charge in [-0.3, -0.25) is 9.10 Å². The fourth-order valence-electron chi connectivity index (χ4n) is 4.28. The van der Waals surface area contributed by atoms with Crippen LogP contribution in [0.5, 0.6) is 11.5 Å². The van der Waals surface area contributed by atoms with Crippen LogP contribution in [-0.2, 0) is 29.4 Å². The summed E-state index contributed by atoms with van der Waals surface area (Å²) in [5, 5.41) is 0. The zero-order valence-corrected chi connectivity index (χ0v) is 18.3. The highest BCUT2D eigenvalue weighted by Crippen LogP contribution is 2.34. The fraction of sp³-hybridized carbons (Fsp3) is 0.409. The van der Waals surface area contributed by atoms with Crippen molar-refractivity contribution in [3.05, 3.63) is 52.6 Å². The van der Waals surface area contributed by atoms with E-state index in [0.29, 0.717) is 42.4 Å². The molecule has 0 radical (unpaired) electrons. The number of fused-ring (bicyclic) bond motifs is 2. The molecule has 30 heavy (non-hydrogen) atoms. The number of carbonyl (C=O) groups excluding carboxylic acids is 1. The molecule has 0 fully saturated rings. The van der Waals surface area contributed by atoms with Gasteiger partial charge in [0, 0.05) is 25.2 Å². The Hall–Kier alpha value is -2.74. The summed E-state index contributed by atoms with van der Waals surface area (Å²) < 4.78 is 36.3. The molecular formula is C22H26N2O5S. The van der Waals surface area contributed by atoms with Crippen LogP contribution >= 0.6 is 0 Å². The number of sulfonamides is 1. The van der Waals surface area contributed by atoms with Gasteiger partial charge in [0.25, 0.3) is 5.91 Å². The van der Waals surface area contributed by atoms with Gasteiger partial charge in [-0.15, -0.1) is 0 Å². The first-order valence-electron chi connectivity index (χ1n) is 9.95. The molecule has 4 rings (SSSR count). The highest BCUT2D eigenvalue weighted by molar-refractivity contribution is 7.92. The number of methoxy groups -OCH3 is 2. The van der Waals surface area contributed by atoms with Gasteiger partial charge in [0.2, 0.25) is 10.0 Å². The van der Waals surface area contributed by atoms with Crippen molar-refractivity contribution in [2.45, 2.75) is 25.8 Å². The molecule has 2 aliphatic rings. The minimum atomic E-state index is -3.32. The van der Waals surface area contributed by atoms with Crippen LogP contribution in [0.3, 0.4) is 0 Å². The fourth-order valence-corrected chi connectivity index (χ4v) is 5.28. The number of hydrogen-bond donors (Lipinski definition) is 0. The molecular weight excluding hydrogens is 404 g/mol. The molecule has 2 aromatic rings. The second-order valence-electron chi connectivity index (χ2n) is 7.73. The van der Waals surface area contributed by atoms with Gasteiger partial charge < -0.3 is 14.4 Å². The molecule has 2 aliphatic heterocycles. The summed E-state index contributed by atoms with van der Waals surface area (Å²) in [4.78, 5) is 15.0. The van der Waals surface area contributed by atoms with Gasteiger partial charge >= 0.3 is 0 Å². The normalized spacial score (nSPS) is 16.0. The van der Waals surface area contributed by atoms with Crippen molar-refractivity contribution in [1.29, 1.82) is 0 Å². The van der Waals surface area contributed by atoms with Crippen molar-refractivity contribution < 1.29 is 22.7 Å². The molecule has 2 aromatic carbocycles. The van der Waals surface area contributed by atoms with Crippen molar-refractivity contribution in [1.82, 2.24) is 4.90 Å². The topological polar surface area (TPSA) is 76.2 Å². The van der Waals surface area contributed by atoms with Crippen LogP contribution in [0.1, 0.15) is 33.5 Å². The maximum atomic E-state index is 13.2. The lowest BCUT2D eigenvalue weighted by atomic mass is 9.97. The number of amides is 1. The van der Waals surface area contributed by atoms with Gasteiger partial charge in [0.1, 0.15) is 0 Å². The number of benzene rings is 2. The lowest BCUT2D eigenvalue weighted by Crippen LogP contribution is -2.37. The van der Waals surface area contributed by atoms with Gasteiger partial charge in [-0.1, -0.05) is 0 Å². The number of rotatable bonds is 4. The van der Waals surface area contributed by atoms with Crippen LogP contribution < -0.4 is 13.8 Å². The van der Waals surface area contributed by atoms with Crippen LogP contribution in [0.15, 0.2) is 30.3 Å². The number of aryl methyl sites for hydroxylation is 1. The van der Waals surface area contributed by atoms with Crippen LogP contribution in [0.4, 0.5) is 5.69 Å². The molecule has 0 aromatic heterocycles. The van der Waals surface area contributed by atoms with E-state index < -0.39 is 10.0 Å². The van der Waals surface area contributed by atoms with Crippen molar-refractivity contribution in [3.8, 4) is 11.5 Å². The van der Waals surface area contributed by atoms with Crippen LogP contribution in [0.2, 0.25) is 0 Å². The van der Waals surface area contributed by atoms with E-state index in [1.807, 2.05) is 23.1 Å². The first-order valence-corrected chi connectivity index (χ1v) is 11.8. The smallest absolute Gasteiger partial charge is 0.254 e. The molecule has 0 N–H and O–H groups in total. The zero-order chi connectivity index (χ0) is 21.5. The summed E-state index contributed by atoms with van der Waals surface area (Å²) >= 11 is 0. The predicted molar refractivity (Wildman–Crippen MR) is 115 cm³/mol. The summed E-state index contributed by atoms with van der Waals surface area (Å²) in [5.41, 5.74) is 4.38. The molecule has 0 aliphatic carbocycles. The minimum absolute atomic E-state index is 0.0466. The number of carbonyl (C=O) groups is 1. The zero-order valence-electron chi connectivity index (χ0n) is 17.5. The van der Waals surface area contributed by atoms with Crippen molar-refractivity contribution >= 4 is 21.6 Å². The van der Waals surface area contributed by atoms with E-state index in [1.165, 1.54) is 10.6 Å². The summed E-state index contributed by atoms with van der Waals surface area (Å²) in [6.07, 6.45) is 3.47. The number of hydrogen-bond acceptors (Lipinski definition) is 5. The van der Waals surface area contributed by atoms with E-state index in [0.717, 1.165) is 36.0 Å². The quantitative estimate of drug-likeness (QED) is 0.745. The van der Waals surface area contributed by atoms with E-state index in [4.69, 9.17) is 9.47 Å². The number of nitrogens with zero attached hydrogens (tertiary/aromatic N) is 2. The van der Waals surface area contributed by atoms with E-state index >= 15 is 0 Å². The van der Waals surface area contributed by atoms with Crippen LogP contribution in [0.25, 0.3) is 0 Å². The molecule has 0 spiro atoms. The van der Waals surface area contributed by atoms with E-state index in [9.17, 15) is 13.2 Å². The van der Waals surface area contributed by atoms with Gasteiger partial charge in [-0.2, -0.15) is 0 Å². The third-order valence-corrected chi connectivity index (χ3v) is 6.99. The SMILES string of the molecule is COc1cc2c(cc1OC)CN(C(=O)c1ccc3c(c1)CCCN3S(C)(=O)=O)CC2. The monoisotopic (exact) mass is 430 g/mol. The van der Waals surface area contributed by atoms with Crippen LogP contribution in [-0.4, -0.2) is 52.8 Å². The predicted octanol–water partition coefficient (Wildman–Crippen LogP) is 2.61. The third-order valence-electron chi connectivity index (χ3n) is 5.81. The van der Waals surface area contributed by atoms with Gasteiger partial charge in [0.05, 0.1) is 26.2 Å². The highest BCUT2D eigenvalue weighted by atomic mass is 32.2. The molecule has 0 saturated heterocycles.